The van der Waals surface area contributed by atoms with Crippen molar-refractivity contribution in [2.75, 3.05) is 14.2 Å². The minimum atomic E-state index is -5.48. The number of alkyl halides is 9. The van der Waals surface area contributed by atoms with Crippen LogP contribution in [0.1, 0.15) is 16.7 Å². The van der Waals surface area contributed by atoms with Gasteiger partial charge >= 0.3 is 25.6 Å². The zero-order valence-corrected chi connectivity index (χ0v) is 11.5. The second-order valence-electron chi connectivity index (χ2n) is 4.28. The van der Waals surface area contributed by atoms with Crippen LogP contribution in [0.25, 0.3) is 0 Å². The summed E-state index contributed by atoms with van der Waals surface area (Å²) >= 11 is 0. The van der Waals surface area contributed by atoms with Gasteiger partial charge in [-0.2, -0.15) is 39.5 Å². The Kier molecular flexibility index (Phi) is 5.31. The van der Waals surface area contributed by atoms with Crippen LogP contribution < -0.4 is 5.46 Å². The first-order chi connectivity index (χ1) is 10.2. The third kappa shape index (κ3) is 4.31. The average Bonchev–Trinajstić information content (AvgIpc) is 2.36. The monoisotopic (exact) mass is 354 g/mol. The van der Waals surface area contributed by atoms with Gasteiger partial charge < -0.3 is 9.31 Å². The van der Waals surface area contributed by atoms with E-state index in [2.05, 4.69) is 9.31 Å². The van der Waals surface area contributed by atoms with E-state index in [1.165, 1.54) is 0 Å². The molecule has 0 spiro atoms. The van der Waals surface area contributed by atoms with E-state index >= 15 is 0 Å². The minimum Gasteiger partial charge on any atom is -0.410 e. The molecule has 0 aliphatic heterocycles. The highest BCUT2D eigenvalue weighted by Gasteiger charge is 2.47. The molecular weight excluding hydrogens is 346 g/mol. The van der Waals surface area contributed by atoms with Crippen LogP contribution in [-0.4, -0.2) is 21.3 Å². The van der Waals surface area contributed by atoms with Gasteiger partial charge in [0, 0.05) is 19.7 Å². The molecule has 1 aromatic carbocycles. The molecule has 0 unspecified atom stereocenters. The average molecular weight is 354 g/mol. The molecule has 0 aliphatic rings. The summed E-state index contributed by atoms with van der Waals surface area (Å²) in [7, 11) is -0.635. The van der Waals surface area contributed by atoms with E-state index in [1.807, 2.05) is 0 Å². The fourth-order valence-corrected chi connectivity index (χ4v) is 1.87. The Labute approximate surface area is 124 Å². The molecule has 1 rings (SSSR count). The molecule has 0 bridgehead atoms. The van der Waals surface area contributed by atoms with Gasteiger partial charge in [0.05, 0.1) is 16.7 Å². The first-order valence-corrected chi connectivity index (χ1v) is 5.68. The lowest BCUT2D eigenvalue weighted by Gasteiger charge is -2.23. The lowest BCUT2D eigenvalue weighted by Crippen LogP contribution is -2.44. The molecule has 0 aromatic heterocycles. The SMILES string of the molecule is COB(OC)c1c(C(F)(F)F)cc(C(F)(F)F)cc1C(F)(F)F. The van der Waals surface area contributed by atoms with Crippen molar-refractivity contribution in [3.8, 4) is 0 Å². The molecule has 23 heavy (non-hydrogen) atoms. The first-order valence-electron chi connectivity index (χ1n) is 5.68. The lowest BCUT2D eigenvalue weighted by molar-refractivity contribution is -0.147. The van der Waals surface area contributed by atoms with E-state index in [1.54, 1.807) is 0 Å². The van der Waals surface area contributed by atoms with Crippen LogP contribution in [0.4, 0.5) is 39.5 Å². The van der Waals surface area contributed by atoms with Crippen LogP contribution in [0, 0.1) is 0 Å². The molecule has 0 fully saturated rings. The van der Waals surface area contributed by atoms with Gasteiger partial charge in [-0.1, -0.05) is 0 Å². The molecule has 2 nitrogen and oxygen atoms in total. The Balaban J connectivity index is 3.90. The predicted molar refractivity (Wildman–Crippen MR) is 60.9 cm³/mol. The maximum Gasteiger partial charge on any atom is 0.494 e. The van der Waals surface area contributed by atoms with Gasteiger partial charge in [-0.05, 0) is 12.1 Å². The van der Waals surface area contributed by atoms with E-state index in [-0.39, 0.29) is 0 Å². The lowest BCUT2D eigenvalue weighted by atomic mass is 9.71. The van der Waals surface area contributed by atoms with E-state index in [4.69, 9.17) is 0 Å². The van der Waals surface area contributed by atoms with Crippen molar-refractivity contribution >= 4 is 12.6 Å². The maximum atomic E-state index is 13.0. The molecule has 0 saturated heterocycles. The van der Waals surface area contributed by atoms with Crippen LogP contribution in [-0.2, 0) is 27.8 Å². The van der Waals surface area contributed by atoms with Crippen molar-refractivity contribution in [2.24, 2.45) is 0 Å². The standard InChI is InChI=1S/C11H8BF9O2/c1-22-12(23-2)8-6(10(16,17)18)3-5(9(13,14)15)4-7(8)11(19,20)21/h3-4H,1-2H3. The van der Waals surface area contributed by atoms with Gasteiger partial charge in [-0.15, -0.1) is 0 Å². The molecule has 0 aliphatic carbocycles. The van der Waals surface area contributed by atoms with Crippen molar-refractivity contribution in [1.82, 2.24) is 0 Å². The Morgan fingerprint density at radius 3 is 1.26 bits per heavy atom. The van der Waals surface area contributed by atoms with Gasteiger partial charge in [-0.25, -0.2) is 0 Å². The van der Waals surface area contributed by atoms with Crippen LogP contribution in [0.15, 0.2) is 12.1 Å². The zero-order chi connectivity index (χ0) is 18.2. The summed E-state index contributed by atoms with van der Waals surface area (Å²) in [6.07, 6.45) is -16.4. The number of benzene rings is 1. The number of halogens is 9. The van der Waals surface area contributed by atoms with E-state index < -0.39 is 59.9 Å². The third-order valence-corrected chi connectivity index (χ3v) is 2.78. The number of hydrogen-bond acceptors (Lipinski definition) is 2. The molecule has 1 aromatic rings. The smallest absolute Gasteiger partial charge is 0.410 e. The fraction of sp³-hybridized carbons (Fsp3) is 0.455. The topological polar surface area (TPSA) is 18.5 Å². The molecular formula is C11H8BF9O2. The van der Waals surface area contributed by atoms with E-state index in [9.17, 15) is 39.5 Å². The molecule has 0 radical (unpaired) electrons. The summed E-state index contributed by atoms with van der Waals surface area (Å²) in [5.74, 6) is 0. The third-order valence-electron chi connectivity index (χ3n) is 2.78. The fourth-order valence-electron chi connectivity index (χ4n) is 1.87. The van der Waals surface area contributed by atoms with Crippen molar-refractivity contribution in [2.45, 2.75) is 18.5 Å². The normalized spacial score (nSPS) is 13.3. The highest BCUT2D eigenvalue weighted by atomic mass is 19.4. The van der Waals surface area contributed by atoms with Gasteiger partial charge in [0.1, 0.15) is 0 Å². The Hall–Kier alpha value is -1.43. The highest BCUT2D eigenvalue weighted by Crippen LogP contribution is 2.39. The summed E-state index contributed by atoms with van der Waals surface area (Å²) in [5.41, 5.74) is -7.91. The maximum absolute atomic E-state index is 13.0. The largest absolute Gasteiger partial charge is 0.494 e. The van der Waals surface area contributed by atoms with Crippen molar-refractivity contribution in [1.29, 1.82) is 0 Å². The summed E-state index contributed by atoms with van der Waals surface area (Å²) < 4.78 is 124. The van der Waals surface area contributed by atoms with Crippen molar-refractivity contribution < 1.29 is 48.8 Å². The quantitative estimate of drug-likeness (QED) is 0.609. The Morgan fingerprint density at radius 2 is 1.04 bits per heavy atom. The minimum absolute atomic E-state index is 0.407. The van der Waals surface area contributed by atoms with Gasteiger partial charge in [-0.3, -0.25) is 0 Å². The van der Waals surface area contributed by atoms with E-state index in [0.717, 1.165) is 14.2 Å². The molecule has 130 valence electrons. The second kappa shape index (κ2) is 6.23. The second-order valence-corrected chi connectivity index (χ2v) is 4.28. The summed E-state index contributed by atoms with van der Waals surface area (Å²) in [4.78, 5) is 0. The van der Waals surface area contributed by atoms with Gasteiger partial charge in [0.2, 0.25) is 0 Å². The highest BCUT2D eigenvalue weighted by molar-refractivity contribution is 6.62. The summed E-state index contributed by atoms with van der Waals surface area (Å²) in [6, 6.07) is -0.814. The number of rotatable bonds is 3. The summed E-state index contributed by atoms with van der Waals surface area (Å²) in [6.45, 7) is 0. The van der Waals surface area contributed by atoms with Crippen molar-refractivity contribution in [3.63, 3.8) is 0 Å². The van der Waals surface area contributed by atoms with Crippen molar-refractivity contribution in [3.05, 3.63) is 28.8 Å². The molecule has 0 atom stereocenters. The number of hydrogen-bond donors (Lipinski definition) is 0. The first kappa shape index (κ1) is 19.6. The zero-order valence-electron chi connectivity index (χ0n) is 11.5. The van der Waals surface area contributed by atoms with Crippen LogP contribution in [0.2, 0.25) is 0 Å². The van der Waals surface area contributed by atoms with Crippen LogP contribution in [0.5, 0.6) is 0 Å². The molecule has 0 heterocycles. The molecule has 0 N–H and O–H groups in total. The molecule has 0 amide bonds. The Morgan fingerprint density at radius 1 is 0.696 bits per heavy atom. The summed E-state index contributed by atoms with van der Waals surface area (Å²) in [5, 5.41) is 0. The van der Waals surface area contributed by atoms with Gasteiger partial charge in [0.25, 0.3) is 0 Å². The molecule has 12 heteroatoms. The van der Waals surface area contributed by atoms with Crippen LogP contribution in [0.3, 0.4) is 0 Å². The van der Waals surface area contributed by atoms with Crippen LogP contribution >= 0.6 is 0 Å². The van der Waals surface area contributed by atoms with E-state index in [0.29, 0.717) is 0 Å². The predicted octanol–water partition coefficient (Wildman–Crippen LogP) is 3.73. The molecule has 0 saturated carbocycles. The van der Waals surface area contributed by atoms with Gasteiger partial charge in [0.15, 0.2) is 0 Å². The Bertz CT molecular complexity index is 523.